The van der Waals surface area contributed by atoms with Gasteiger partial charge in [0.05, 0.1) is 6.10 Å². The fourth-order valence-electron chi connectivity index (χ4n) is 2.29. The lowest BCUT2D eigenvalue weighted by molar-refractivity contribution is 0.101. The van der Waals surface area contributed by atoms with Crippen molar-refractivity contribution in [1.29, 1.82) is 0 Å². The third kappa shape index (κ3) is 2.46. The van der Waals surface area contributed by atoms with Gasteiger partial charge in [-0.2, -0.15) is 0 Å². The van der Waals surface area contributed by atoms with E-state index < -0.39 is 0 Å². The van der Waals surface area contributed by atoms with E-state index in [0.29, 0.717) is 11.9 Å². The molecule has 3 nitrogen and oxygen atoms in total. The molecule has 3 unspecified atom stereocenters. The van der Waals surface area contributed by atoms with Crippen LogP contribution in [0, 0.1) is 11.8 Å². The van der Waals surface area contributed by atoms with E-state index in [1.54, 1.807) is 6.20 Å². The molecule has 0 radical (unpaired) electrons. The maximum atomic E-state index is 5.92. The van der Waals surface area contributed by atoms with Gasteiger partial charge < -0.3 is 10.5 Å². The van der Waals surface area contributed by atoms with Crippen molar-refractivity contribution in [2.45, 2.75) is 39.2 Å². The van der Waals surface area contributed by atoms with Gasteiger partial charge in [0.15, 0.2) is 11.6 Å². The second kappa shape index (κ2) is 4.73. The van der Waals surface area contributed by atoms with Gasteiger partial charge in [0, 0.05) is 6.20 Å². The molecule has 0 amide bonds. The summed E-state index contributed by atoms with van der Waals surface area (Å²) in [5.74, 6) is 2.77. The third-order valence-electron chi connectivity index (χ3n) is 3.64. The fraction of sp³-hybridized carbons (Fsp3) is 0.615. The van der Waals surface area contributed by atoms with Crippen LogP contribution >= 0.6 is 0 Å². The van der Waals surface area contributed by atoms with Crippen molar-refractivity contribution < 1.29 is 4.74 Å². The molecule has 3 heteroatoms. The number of nitrogens with zero attached hydrogens (tertiary/aromatic N) is 1. The molecule has 0 aromatic carbocycles. The topological polar surface area (TPSA) is 48.1 Å². The Hall–Kier alpha value is -1.25. The Morgan fingerprint density at radius 3 is 2.81 bits per heavy atom. The van der Waals surface area contributed by atoms with E-state index in [2.05, 4.69) is 18.8 Å². The zero-order chi connectivity index (χ0) is 11.5. The molecule has 88 valence electrons. The molecule has 1 saturated carbocycles. The number of hydrogen-bond acceptors (Lipinski definition) is 3. The lowest BCUT2D eigenvalue weighted by atomic mass is 9.80. The van der Waals surface area contributed by atoms with Crippen molar-refractivity contribution in [2.75, 3.05) is 5.73 Å². The van der Waals surface area contributed by atoms with E-state index in [4.69, 9.17) is 10.5 Å². The normalized spacial score (nSPS) is 30.0. The van der Waals surface area contributed by atoms with Gasteiger partial charge in [-0.05, 0) is 43.2 Å². The molecule has 1 heterocycles. The molecule has 0 aliphatic heterocycles. The third-order valence-corrected chi connectivity index (χ3v) is 3.64. The first-order chi connectivity index (χ1) is 7.66. The molecule has 1 aromatic heterocycles. The summed E-state index contributed by atoms with van der Waals surface area (Å²) in [4.78, 5) is 4.03. The van der Waals surface area contributed by atoms with Crippen LogP contribution in [0.3, 0.4) is 0 Å². The summed E-state index contributed by atoms with van der Waals surface area (Å²) in [5, 5.41) is 0. The van der Waals surface area contributed by atoms with Crippen LogP contribution < -0.4 is 10.5 Å². The van der Waals surface area contributed by atoms with Gasteiger partial charge in [0.2, 0.25) is 0 Å². The van der Waals surface area contributed by atoms with Gasteiger partial charge in [-0.3, -0.25) is 0 Å². The molecule has 16 heavy (non-hydrogen) atoms. The first-order valence-corrected chi connectivity index (χ1v) is 6.04. The minimum atomic E-state index is 0.303. The lowest BCUT2D eigenvalue weighted by Gasteiger charge is -2.32. The van der Waals surface area contributed by atoms with Gasteiger partial charge in [-0.15, -0.1) is 0 Å². The molecule has 1 aliphatic rings. The van der Waals surface area contributed by atoms with Crippen molar-refractivity contribution in [3.8, 4) is 5.75 Å². The maximum absolute atomic E-state index is 5.92. The average Bonchev–Trinajstić information content (AvgIpc) is 2.27. The smallest absolute Gasteiger partial charge is 0.166 e. The molecule has 1 aromatic rings. The number of ether oxygens (including phenoxy) is 1. The number of anilines is 1. The zero-order valence-corrected chi connectivity index (χ0v) is 10.0. The minimum absolute atomic E-state index is 0.303. The van der Waals surface area contributed by atoms with Crippen molar-refractivity contribution in [3.05, 3.63) is 18.3 Å². The summed E-state index contributed by atoms with van der Waals surface area (Å²) in [6, 6.07) is 3.76. The fourth-order valence-corrected chi connectivity index (χ4v) is 2.29. The molecule has 3 atom stereocenters. The zero-order valence-electron chi connectivity index (χ0n) is 10.0. The Balaban J connectivity index is 1.98. The molecule has 0 bridgehead atoms. The Morgan fingerprint density at radius 1 is 1.31 bits per heavy atom. The van der Waals surface area contributed by atoms with Crippen molar-refractivity contribution in [1.82, 2.24) is 4.98 Å². The highest BCUT2D eigenvalue weighted by Crippen LogP contribution is 2.32. The predicted octanol–water partition coefficient (Wildman–Crippen LogP) is 2.87. The van der Waals surface area contributed by atoms with Crippen LogP contribution in [0.1, 0.15) is 33.1 Å². The van der Waals surface area contributed by atoms with Gasteiger partial charge in [0.1, 0.15) is 0 Å². The molecule has 1 fully saturated rings. The lowest BCUT2D eigenvalue weighted by Crippen LogP contribution is -2.29. The SMILES string of the molecule is CC1CCC(Oc2cccnc2N)CC1C. The van der Waals surface area contributed by atoms with Gasteiger partial charge >= 0.3 is 0 Å². The quantitative estimate of drug-likeness (QED) is 0.833. The molecule has 2 N–H and O–H groups in total. The van der Waals surface area contributed by atoms with Crippen LogP contribution in [0.5, 0.6) is 5.75 Å². The summed E-state index contributed by atoms with van der Waals surface area (Å²) >= 11 is 0. The Labute approximate surface area is 97.0 Å². The first kappa shape index (κ1) is 11.2. The second-order valence-electron chi connectivity index (χ2n) is 4.89. The van der Waals surface area contributed by atoms with Crippen LogP contribution in [-0.2, 0) is 0 Å². The number of pyridine rings is 1. The maximum Gasteiger partial charge on any atom is 0.166 e. The van der Waals surface area contributed by atoms with Crippen LogP contribution in [0.2, 0.25) is 0 Å². The van der Waals surface area contributed by atoms with Gasteiger partial charge in [0.25, 0.3) is 0 Å². The Morgan fingerprint density at radius 2 is 2.12 bits per heavy atom. The van der Waals surface area contributed by atoms with Crippen LogP contribution in [-0.4, -0.2) is 11.1 Å². The average molecular weight is 220 g/mol. The molecule has 0 saturated heterocycles. The van der Waals surface area contributed by atoms with E-state index in [1.165, 1.54) is 6.42 Å². The molecule has 0 spiro atoms. The van der Waals surface area contributed by atoms with E-state index in [1.807, 2.05) is 12.1 Å². The van der Waals surface area contributed by atoms with E-state index in [9.17, 15) is 0 Å². The number of nitrogen functional groups attached to an aromatic ring is 1. The summed E-state index contributed by atoms with van der Waals surface area (Å²) in [6.07, 6.45) is 5.48. The van der Waals surface area contributed by atoms with Gasteiger partial charge in [-0.25, -0.2) is 4.98 Å². The number of nitrogens with two attached hydrogens (primary N) is 1. The molecule has 1 aliphatic carbocycles. The summed E-state index contributed by atoms with van der Waals surface area (Å²) in [5.41, 5.74) is 5.76. The number of aromatic nitrogens is 1. The number of hydrogen-bond donors (Lipinski definition) is 1. The van der Waals surface area contributed by atoms with Crippen molar-refractivity contribution in [3.63, 3.8) is 0 Å². The van der Waals surface area contributed by atoms with E-state index >= 15 is 0 Å². The number of rotatable bonds is 2. The highest BCUT2D eigenvalue weighted by Gasteiger charge is 2.26. The first-order valence-electron chi connectivity index (χ1n) is 6.04. The Kier molecular flexibility index (Phi) is 3.32. The van der Waals surface area contributed by atoms with E-state index in [0.717, 1.165) is 30.4 Å². The van der Waals surface area contributed by atoms with Crippen molar-refractivity contribution >= 4 is 5.82 Å². The van der Waals surface area contributed by atoms with Gasteiger partial charge in [-0.1, -0.05) is 13.8 Å². The molecular formula is C13H20N2O. The van der Waals surface area contributed by atoms with Crippen LogP contribution in [0.25, 0.3) is 0 Å². The largest absolute Gasteiger partial charge is 0.487 e. The monoisotopic (exact) mass is 220 g/mol. The van der Waals surface area contributed by atoms with E-state index in [-0.39, 0.29) is 0 Å². The standard InChI is InChI=1S/C13H20N2O/c1-9-5-6-11(8-10(9)2)16-12-4-3-7-15-13(12)14/h3-4,7,9-11H,5-6,8H2,1-2H3,(H2,14,15). The predicted molar refractivity (Wildman–Crippen MR) is 65.2 cm³/mol. The molecule has 2 rings (SSSR count). The van der Waals surface area contributed by atoms with Crippen molar-refractivity contribution in [2.24, 2.45) is 11.8 Å². The minimum Gasteiger partial charge on any atom is -0.487 e. The van der Waals surface area contributed by atoms with Crippen LogP contribution in [0.15, 0.2) is 18.3 Å². The second-order valence-corrected chi connectivity index (χ2v) is 4.89. The summed E-state index contributed by atoms with van der Waals surface area (Å²) < 4.78 is 5.92. The highest BCUT2D eigenvalue weighted by molar-refractivity contribution is 5.44. The Bertz CT molecular complexity index is 354. The summed E-state index contributed by atoms with van der Waals surface area (Å²) in [6.45, 7) is 4.62. The summed E-state index contributed by atoms with van der Waals surface area (Å²) in [7, 11) is 0. The van der Waals surface area contributed by atoms with Crippen LogP contribution in [0.4, 0.5) is 5.82 Å². The highest BCUT2D eigenvalue weighted by atomic mass is 16.5. The molecular weight excluding hydrogens is 200 g/mol.